The molecular weight excluding hydrogens is 298 g/mol. The third-order valence-electron chi connectivity index (χ3n) is 3.64. The molecule has 0 aliphatic heterocycles. The lowest BCUT2D eigenvalue weighted by molar-refractivity contribution is -0.255. The summed E-state index contributed by atoms with van der Waals surface area (Å²) < 4.78 is 6.40. The summed E-state index contributed by atoms with van der Waals surface area (Å²) >= 11 is 0. The molecule has 0 unspecified atom stereocenters. The number of hydrogen-bond donors (Lipinski definition) is 1. The lowest BCUT2D eigenvalue weighted by Crippen LogP contribution is -2.27. The van der Waals surface area contributed by atoms with E-state index in [1.807, 2.05) is 6.07 Å². The molecule has 118 valence electrons. The molecular formula is C16H14N3O4-. The number of anilines is 1. The van der Waals surface area contributed by atoms with Crippen molar-refractivity contribution < 1.29 is 19.2 Å². The molecule has 0 atom stereocenters. The van der Waals surface area contributed by atoms with E-state index >= 15 is 0 Å². The van der Waals surface area contributed by atoms with Gasteiger partial charge in [-0.2, -0.15) is 0 Å². The van der Waals surface area contributed by atoms with Gasteiger partial charge in [0.2, 0.25) is 5.91 Å². The van der Waals surface area contributed by atoms with Crippen LogP contribution in [0.5, 0.6) is 0 Å². The van der Waals surface area contributed by atoms with Crippen molar-refractivity contribution in [2.45, 2.75) is 13.3 Å². The van der Waals surface area contributed by atoms with Crippen LogP contribution in [0.3, 0.4) is 0 Å². The molecule has 2 aromatic heterocycles. The highest BCUT2D eigenvalue weighted by molar-refractivity contribution is 6.02. The maximum Gasteiger partial charge on any atom is 0.230 e. The number of fused-ring (bicyclic) bond motifs is 1. The number of nitrogens with zero attached hydrogens (tertiary/aromatic N) is 2. The number of hydrogen-bond acceptors (Lipinski definition) is 5. The van der Waals surface area contributed by atoms with E-state index in [-0.39, 0.29) is 18.0 Å². The second-order valence-corrected chi connectivity index (χ2v) is 5.24. The van der Waals surface area contributed by atoms with Crippen LogP contribution in [0.25, 0.3) is 10.9 Å². The fourth-order valence-corrected chi connectivity index (χ4v) is 2.68. The van der Waals surface area contributed by atoms with Crippen molar-refractivity contribution in [1.82, 2.24) is 9.72 Å². The van der Waals surface area contributed by atoms with Crippen LogP contribution < -0.4 is 10.4 Å². The van der Waals surface area contributed by atoms with Gasteiger partial charge in [-0.15, -0.1) is 0 Å². The molecule has 7 heteroatoms. The van der Waals surface area contributed by atoms with Crippen LogP contribution in [0.4, 0.5) is 5.82 Å². The summed E-state index contributed by atoms with van der Waals surface area (Å²) in [4.78, 5) is 23.7. The van der Waals surface area contributed by atoms with Crippen molar-refractivity contribution in [3.8, 4) is 0 Å². The van der Waals surface area contributed by atoms with Gasteiger partial charge in [0.25, 0.3) is 0 Å². The first-order valence-corrected chi connectivity index (χ1v) is 6.98. The number of carboxylic acid groups (broad SMARTS) is 1. The van der Waals surface area contributed by atoms with Gasteiger partial charge in [0.1, 0.15) is 5.76 Å². The van der Waals surface area contributed by atoms with E-state index in [2.05, 4.69) is 10.5 Å². The van der Waals surface area contributed by atoms with Gasteiger partial charge in [-0.1, -0.05) is 23.4 Å². The fourth-order valence-electron chi connectivity index (χ4n) is 2.68. The average molecular weight is 312 g/mol. The van der Waals surface area contributed by atoms with Gasteiger partial charge >= 0.3 is 0 Å². The zero-order chi connectivity index (χ0) is 16.6. The minimum Gasteiger partial charge on any atom is -0.543 e. The first-order chi connectivity index (χ1) is 11.0. The van der Waals surface area contributed by atoms with Gasteiger partial charge in [0.15, 0.2) is 5.82 Å². The summed E-state index contributed by atoms with van der Waals surface area (Å²) in [6, 6.07) is 8.77. The van der Waals surface area contributed by atoms with Crippen molar-refractivity contribution in [2.75, 3.05) is 5.32 Å². The lowest BCUT2D eigenvalue weighted by Gasteiger charge is -2.08. The molecule has 7 nitrogen and oxygen atoms in total. The highest BCUT2D eigenvalue weighted by Crippen LogP contribution is 2.25. The molecule has 3 rings (SSSR count). The topological polar surface area (TPSA) is 100 Å². The van der Waals surface area contributed by atoms with Crippen molar-refractivity contribution in [3.05, 3.63) is 47.3 Å². The fraction of sp³-hybridized carbons (Fsp3) is 0.188. The highest BCUT2D eigenvalue weighted by Gasteiger charge is 2.18. The van der Waals surface area contributed by atoms with Crippen molar-refractivity contribution in [1.29, 1.82) is 0 Å². The minimum atomic E-state index is -1.32. The SMILES string of the molecule is Cc1cc(NC(=O)Cc2c(C(=O)[O-])n(C)c3ccccc23)no1. The molecule has 3 aromatic rings. The zero-order valence-electron chi connectivity index (χ0n) is 12.6. The molecule has 1 amide bonds. The number of aromatic nitrogens is 2. The number of amides is 1. The Balaban J connectivity index is 1.97. The number of carbonyl (C=O) groups excluding carboxylic acids is 2. The summed E-state index contributed by atoms with van der Waals surface area (Å²) in [6.45, 7) is 1.71. The number of aryl methyl sites for hydroxylation is 2. The Kier molecular flexibility index (Phi) is 3.61. The van der Waals surface area contributed by atoms with E-state index in [4.69, 9.17) is 4.52 Å². The molecule has 0 aliphatic carbocycles. The van der Waals surface area contributed by atoms with Crippen molar-refractivity contribution in [3.63, 3.8) is 0 Å². The number of benzene rings is 1. The second kappa shape index (κ2) is 5.60. The Hall–Kier alpha value is -3.09. The van der Waals surface area contributed by atoms with Gasteiger partial charge in [-0.05, 0) is 18.6 Å². The van der Waals surface area contributed by atoms with Gasteiger partial charge in [-0.3, -0.25) is 4.79 Å². The van der Waals surface area contributed by atoms with E-state index < -0.39 is 5.97 Å². The summed E-state index contributed by atoms with van der Waals surface area (Å²) in [7, 11) is 1.63. The number of nitrogens with one attached hydrogen (secondary N) is 1. The predicted molar refractivity (Wildman–Crippen MR) is 80.8 cm³/mol. The minimum absolute atomic E-state index is 0.00215. The Morgan fingerprint density at radius 3 is 2.74 bits per heavy atom. The van der Waals surface area contributed by atoms with Crippen LogP contribution in [0.15, 0.2) is 34.9 Å². The third-order valence-corrected chi connectivity index (χ3v) is 3.64. The monoisotopic (exact) mass is 312 g/mol. The molecule has 0 saturated heterocycles. The normalized spacial score (nSPS) is 10.9. The summed E-state index contributed by atoms with van der Waals surface area (Å²) in [6.07, 6.45) is -0.101. The first-order valence-electron chi connectivity index (χ1n) is 6.98. The zero-order valence-corrected chi connectivity index (χ0v) is 12.6. The second-order valence-electron chi connectivity index (χ2n) is 5.24. The van der Waals surface area contributed by atoms with Crippen LogP contribution in [0.2, 0.25) is 0 Å². The summed E-state index contributed by atoms with van der Waals surface area (Å²) in [5.41, 5.74) is 1.14. The summed E-state index contributed by atoms with van der Waals surface area (Å²) in [5.74, 6) is -0.829. The Labute approximate surface area is 131 Å². The van der Waals surface area contributed by atoms with Crippen LogP contribution in [0, 0.1) is 6.92 Å². The molecule has 1 aromatic carbocycles. The number of para-hydroxylation sites is 1. The van der Waals surface area contributed by atoms with E-state index in [0.29, 0.717) is 22.5 Å². The smallest absolute Gasteiger partial charge is 0.230 e. The van der Waals surface area contributed by atoms with E-state index in [1.54, 1.807) is 38.2 Å². The summed E-state index contributed by atoms with van der Waals surface area (Å²) in [5, 5.41) is 18.4. The largest absolute Gasteiger partial charge is 0.543 e. The molecule has 2 heterocycles. The van der Waals surface area contributed by atoms with Crippen LogP contribution in [-0.4, -0.2) is 21.6 Å². The molecule has 1 N–H and O–H groups in total. The van der Waals surface area contributed by atoms with Crippen LogP contribution >= 0.6 is 0 Å². The van der Waals surface area contributed by atoms with Crippen molar-refractivity contribution >= 4 is 28.6 Å². The maximum atomic E-state index is 12.2. The highest BCUT2D eigenvalue weighted by atomic mass is 16.5. The first kappa shape index (κ1) is 14.8. The number of aromatic carboxylic acids is 1. The molecule has 0 saturated carbocycles. The molecule has 0 bridgehead atoms. The third kappa shape index (κ3) is 2.68. The predicted octanol–water partition coefficient (Wildman–Crippen LogP) is 1.02. The molecule has 0 spiro atoms. The van der Waals surface area contributed by atoms with E-state index in [9.17, 15) is 14.7 Å². The number of rotatable bonds is 4. The van der Waals surface area contributed by atoms with E-state index in [0.717, 1.165) is 5.52 Å². The molecule has 0 fully saturated rings. The molecule has 23 heavy (non-hydrogen) atoms. The number of carbonyl (C=O) groups is 2. The number of carboxylic acids is 1. The van der Waals surface area contributed by atoms with Crippen molar-refractivity contribution in [2.24, 2.45) is 7.05 Å². The molecule has 0 aliphatic rings. The van der Waals surface area contributed by atoms with Gasteiger partial charge in [0, 0.05) is 24.0 Å². The van der Waals surface area contributed by atoms with Gasteiger partial charge in [0.05, 0.1) is 18.1 Å². The maximum absolute atomic E-state index is 12.2. The average Bonchev–Trinajstić information content (AvgIpc) is 3.02. The lowest BCUT2D eigenvalue weighted by atomic mass is 10.1. The van der Waals surface area contributed by atoms with E-state index in [1.165, 1.54) is 4.57 Å². The van der Waals surface area contributed by atoms with Crippen LogP contribution in [-0.2, 0) is 18.3 Å². The standard InChI is InChI=1S/C16H15N3O4/c1-9-7-13(18-23-9)17-14(20)8-11-10-5-3-4-6-12(10)19(2)15(11)16(21)22/h3-7H,8H2,1-2H3,(H,21,22)(H,17,18,20)/p-1. The molecule has 0 radical (unpaired) electrons. The Bertz CT molecular complexity index is 907. The van der Waals surface area contributed by atoms with Gasteiger partial charge in [-0.25, -0.2) is 0 Å². The quantitative estimate of drug-likeness (QED) is 0.775. The Morgan fingerprint density at radius 2 is 2.09 bits per heavy atom. The Morgan fingerprint density at radius 1 is 1.35 bits per heavy atom. The van der Waals surface area contributed by atoms with Crippen LogP contribution in [0.1, 0.15) is 21.8 Å². The van der Waals surface area contributed by atoms with Gasteiger partial charge < -0.3 is 24.3 Å².